The first kappa shape index (κ1) is 15.9. The molecular formula is C16H13N5O2S. The van der Waals surface area contributed by atoms with Crippen molar-refractivity contribution >= 4 is 28.6 Å². The van der Waals surface area contributed by atoms with E-state index in [1.807, 2.05) is 18.2 Å². The first-order valence-electron chi connectivity index (χ1n) is 7.00. The Morgan fingerprint density at radius 2 is 2.04 bits per heavy atom. The SMILES string of the molecule is CN.O=Cc1nc(-c2nnc(-c3cccnc3)s2)cc2ccoc12. The maximum Gasteiger partial charge on any atom is 0.172 e. The molecule has 0 saturated heterocycles. The van der Waals surface area contributed by atoms with Gasteiger partial charge in [0.15, 0.2) is 16.9 Å². The second-order valence-corrected chi connectivity index (χ2v) is 5.48. The number of carbonyl (C=O) groups excluding carboxylic acids is 1. The van der Waals surface area contributed by atoms with Crippen molar-refractivity contribution in [1.82, 2.24) is 20.2 Å². The number of nitrogens with two attached hydrogens (primary N) is 1. The zero-order chi connectivity index (χ0) is 16.9. The summed E-state index contributed by atoms with van der Waals surface area (Å²) in [5.74, 6) is 0. The number of hydrogen-bond acceptors (Lipinski definition) is 8. The van der Waals surface area contributed by atoms with Crippen LogP contribution in [0.3, 0.4) is 0 Å². The van der Waals surface area contributed by atoms with Crippen molar-refractivity contribution in [3.8, 4) is 21.3 Å². The van der Waals surface area contributed by atoms with E-state index in [0.29, 0.717) is 22.6 Å². The molecule has 0 atom stereocenters. The van der Waals surface area contributed by atoms with E-state index in [1.165, 1.54) is 24.6 Å². The van der Waals surface area contributed by atoms with Crippen LogP contribution in [-0.4, -0.2) is 33.5 Å². The van der Waals surface area contributed by atoms with Gasteiger partial charge in [0.25, 0.3) is 0 Å². The van der Waals surface area contributed by atoms with Gasteiger partial charge in [-0.05, 0) is 31.3 Å². The van der Waals surface area contributed by atoms with E-state index >= 15 is 0 Å². The van der Waals surface area contributed by atoms with Crippen molar-refractivity contribution in [2.24, 2.45) is 5.73 Å². The van der Waals surface area contributed by atoms with Crippen LogP contribution in [0.2, 0.25) is 0 Å². The molecule has 7 nitrogen and oxygen atoms in total. The molecule has 0 aliphatic carbocycles. The van der Waals surface area contributed by atoms with E-state index < -0.39 is 0 Å². The third-order valence-corrected chi connectivity index (χ3v) is 4.12. The van der Waals surface area contributed by atoms with Gasteiger partial charge in [0, 0.05) is 23.3 Å². The van der Waals surface area contributed by atoms with Crippen molar-refractivity contribution in [2.75, 3.05) is 7.05 Å². The molecule has 4 aromatic rings. The van der Waals surface area contributed by atoms with Crippen molar-refractivity contribution < 1.29 is 9.21 Å². The molecule has 0 spiro atoms. The zero-order valence-electron chi connectivity index (χ0n) is 12.7. The van der Waals surface area contributed by atoms with E-state index in [0.717, 1.165) is 16.0 Å². The van der Waals surface area contributed by atoms with E-state index in [9.17, 15) is 4.79 Å². The average Bonchev–Trinajstić information content (AvgIpc) is 3.32. The molecule has 4 rings (SSSR count). The van der Waals surface area contributed by atoms with E-state index in [4.69, 9.17) is 4.42 Å². The molecule has 4 aromatic heterocycles. The topological polar surface area (TPSA) is 108 Å². The summed E-state index contributed by atoms with van der Waals surface area (Å²) in [7, 11) is 1.50. The summed E-state index contributed by atoms with van der Waals surface area (Å²) in [6.45, 7) is 0. The lowest BCUT2D eigenvalue weighted by molar-refractivity contribution is 0.112. The van der Waals surface area contributed by atoms with E-state index in [-0.39, 0.29) is 5.69 Å². The lowest BCUT2D eigenvalue weighted by atomic mass is 10.2. The Morgan fingerprint density at radius 3 is 2.79 bits per heavy atom. The molecule has 0 aromatic carbocycles. The Morgan fingerprint density at radius 1 is 1.21 bits per heavy atom. The third kappa shape index (κ3) is 2.92. The van der Waals surface area contributed by atoms with Crippen molar-refractivity contribution in [1.29, 1.82) is 0 Å². The maximum absolute atomic E-state index is 11.2. The first-order chi connectivity index (χ1) is 11.8. The quantitative estimate of drug-likeness (QED) is 0.572. The van der Waals surface area contributed by atoms with Gasteiger partial charge in [0.05, 0.1) is 6.26 Å². The molecule has 8 heteroatoms. The molecule has 0 radical (unpaired) electrons. The predicted molar refractivity (Wildman–Crippen MR) is 91.6 cm³/mol. The molecule has 24 heavy (non-hydrogen) atoms. The van der Waals surface area contributed by atoms with Crippen LogP contribution in [0.15, 0.2) is 47.3 Å². The van der Waals surface area contributed by atoms with Gasteiger partial charge < -0.3 is 10.2 Å². The molecule has 0 fully saturated rings. The number of carbonyl (C=O) groups is 1. The van der Waals surface area contributed by atoms with Crippen LogP contribution < -0.4 is 5.73 Å². The third-order valence-electron chi connectivity index (χ3n) is 3.13. The standard InChI is InChI=1S/C15H8N4O2S.CH5N/c20-8-12-13-9(3-5-21-13)6-11(17-12)15-19-18-14(22-15)10-2-1-4-16-7-10;1-2/h1-8H;2H2,1H3. The lowest BCUT2D eigenvalue weighted by Gasteiger charge is -1.97. The molecule has 4 heterocycles. The number of fused-ring (bicyclic) bond motifs is 1. The van der Waals surface area contributed by atoms with Crippen LogP contribution in [0.4, 0.5) is 0 Å². The van der Waals surface area contributed by atoms with Crippen LogP contribution in [0.25, 0.3) is 32.2 Å². The fourth-order valence-corrected chi connectivity index (χ4v) is 2.92. The maximum atomic E-state index is 11.2. The fourth-order valence-electron chi connectivity index (χ4n) is 2.12. The summed E-state index contributed by atoms with van der Waals surface area (Å²) in [5.41, 5.74) is 6.74. The second-order valence-electron chi connectivity index (χ2n) is 4.50. The van der Waals surface area contributed by atoms with E-state index in [1.54, 1.807) is 18.5 Å². The van der Waals surface area contributed by atoms with Crippen LogP contribution in [0.5, 0.6) is 0 Å². The largest absolute Gasteiger partial charge is 0.462 e. The van der Waals surface area contributed by atoms with Gasteiger partial charge in [-0.25, -0.2) is 4.98 Å². The molecule has 0 unspecified atom stereocenters. The Hall–Kier alpha value is -2.97. The number of aromatic nitrogens is 4. The number of rotatable bonds is 3. The summed E-state index contributed by atoms with van der Waals surface area (Å²) in [6, 6.07) is 7.38. The van der Waals surface area contributed by atoms with Gasteiger partial charge in [-0.1, -0.05) is 11.3 Å². The second kappa shape index (κ2) is 7.07. The minimum absolute atomic E-state index is 0.260. The summed E-state index contributed by atoms with van der Waals surface area (Å²) in [6.07, 6.45) is 5.65. The molecule has 0 amide bonds. The number of pyridine rings is 2. The fraction of sp³-hybridized carbons (Fsp3) is 0.0625. The van der Waals surface area contributed by atoms with Crippen molar-refractivity contribution in [3.05, 3.63) is 48.6 Å². The highest BCUT2D eigenvalue weighted by molar-refractivity contribution is 7.17. The Bertz CT molecular complexity index is 965. The number of nitrogens with zero attached hydrogens (tertiary/aromatic N) is 4. The minimum Gasteiger partial charge on any atom is -0.462 e. The smallest absolute Gasteiger partial charge is 0.172 e. The summed E-state index contributed by atoms with van der Waals surface area (Å²) >= 11 is 1.40. The normalized spacial score (nSPS) is 10.2. The Balaban J connectivity index is 0.000000815. The summed E-state index contributed by atoms with van der Waals surface area (Å²) in [5, 5.41) is 10.5. The highest BCUT2D eigenvalue weighted by atomic mass is 32.1. The zero-order valence-corrected chi connectivity index (χ0v) is 13.5. The van der Waals surface area contributed by atoms with Crippen molar-refractivity contribution in [3.63, 3.8) is 0 Å². The number of hydrogen-bond donors (Lipinski definition) is 1. The van der Waals surface area contributed by atoms with Crippen LogP contribution >= 0.6 is 11.3 Å². The summed E-state index contributed by atoms with van der Waals surface area (Å²) < 4.78 is 5.27. The highest BCUT2D eigenvalue weighted by Gasteiger charge is 2.14. The van der Waals surface area contributed by atoms with Gasteiger partial charge >= 0.3 is 0 Å². The van der Waals surface area contributed by atoms with Gasteiger partial charge in [0.1, 0.15) is 16.4 Å². The number of furan rings is 1. The summed E-state index contributed by atoms with van der Waals surface area (Å²) in [4.78, 5) is 19.5. The highest BCUT2D eigenvalue weighted by Crippen LogP contribution is 2.30. The van der Waals surface area contributed by atoms with Crippen LogP contribution in [0, 0.1) is 0 Å². The average molecular weight is 339 g/mol. The number of aldehydes is 1. The molecule has 2 N–H and O–H groups in total. The minimum atomic E-state index is 0.260. The van der Waals surface area contributed by atoms with Crippen molar-refractivity contribution in [2.45, 2.75) is 0 Å². The molecule has 0 saturated carbocycles. The van der Waals surface area contributed by atoms with Gasteiger partial charge in [0.2, 0.25) is 0 Å². The van der Waals surface area contributed by atoms with Gasteiger partial charge in [-0.3, -0.25) is 9.78 Å². The Kier molecular flexibility index (Phi) is 4.69. The molecular weight excluding hydrogens is 326 g/mol. The molecule has 0 aliphatic rings. The molecule has 0 bridgehead atoms. The lowest BCUT2D eigenvalue weighted by Crippen LogP contribution is -1.91. The predicted octanol–water partition coefficient (Wildman–Crippen LogP) is 2.80. The first-order valence-corrected chi connectivity index (χ1v) is 7.82. The van der Waals surface area contributed by atoms with Crippen LogP contribution in [-0.2, 0) is 0 Å². The monoisotopic (exact) mass is 339 g/mol. The van der Waals surface area contributed by atoms with Gasteiger partial charge in [-0.2, -0.15) is 0 Å². The molecule has 0 aliphatic heterocycles. The van der Waals surface area contributed by atoms with E-state index in [2.05, 4.69) is 25.9 Å². The molecule has 120 valence electrons. The Labute approximate surface area is 141 Å². The van der Waals surface area contributed by atoms with Crippen LogP contribution in [0.1, 0.15) is 10.5 Å². The van der Waals surface area contributed by atoms with Gasteiger partial charge in [-0.15, -0.1) is 10.2 Å².